The molecule has 1 aliphatic heterocycles. The predicted octanol–water partition coefficient (Wildman–Crippen LogP) is 3.00. The molecule has 1 N–H and O–H groups in total. The molecule has 7 heteroatoms. The number of carbonyl (C=O) groups is 1. The highest BCUT2D eigenvalue weighted by Gasteiger charge is 2.17. The minimum absolute atomic E-state index is 0.212. The Morgan fingerprint density at radius 1 is 1.45 bits per heavy atom. The van der Waals surface area contributed by atoms with E-state index >= 15 is 0 Å². The SMILES string of the molecule is O=C(N/N=C\c1cc(Br)c2c(c1)OCO2)c1cccs1. The summed E-state index contributed by atoms with van der Waals surface area (Å²) in [6, 6.07) is 7.20. The van der Waals surface area contributed by atoms with Gasteiger partial charge in [0.15, 0.2) is 11.5 Å². The van der Waals surface area contributed by atoms with Crippen molar-refractivity contribution in [2.75, 3.05) is 6.79 Å². The lowest BCUT2D eigenvalue weighted by molar-refractivity contribution is 0.0959. The van der Waals surface area contributed by atoms with Crippen LogP contribution >= 0.6 is 27.3 Å². The lowest BCUT2D eigenvalue weighted by atomic mass is 10.2. The molecule has 0 saturated heterocycles. The van der Waals surface area contributed by atoms with Crippen LogP contribution in [0.25, 0.3) is 0 Å². The molecule has 1 aromatic carbocycles. The fraction of sp³-hybridized carbons (Fsp3) is 0.0769. The van der Waals surface area contributed by atoms with Gasteiger partial charge in [0.2, 0.25) is 6.79 Å². The first-order valence-corrected chi connectivity index (χ1v) is 7.37. The fourth-order valence-electron chi connectivity index (χ4n) is 1.69. The molecule has 0 fully saturated rings. The molecule has 0 radical (unpaired) electrons. The van der Waals surface area contributed by atoms with Gasteiger partial charge in [0.25, 0.3) is 5.91 Å². The molecule has 20 heavy (non-hydrogen) atoms. The van der Waals surface area contributed by atoms with Gasteiger partial charge < -0.3 is 9.47 Å². The van der Waals surface area contributed by atoms with Crippen LogP contribution in [0.4, 0.5) is 0 Å². The molecule has 1 aromatic heterocycles. The lowest BCUT2D eigenvalue weighted by Crippen LogP contribution is -2.16. The molecule has 0 atom stereocenters. The van der Waals surface area contributed by atoms with E-state index in [0.29, 0.717) is 16.4 Å². The number of nitrogens with zero attached hydrogens (tertiary/aromatic N) is 1. The number of thiophene rings is 1. The van der Waals surface area contributed by atoms with E-state index < -0.39 is 0 Å². The summed E-state index contributed by atoms with van der Waals surface area (Å²) in [6.45, 7) is 0.212. The molecule has 5 nitrogen and oxygen atoms in total. The normalized spacial score (nSPS) is 12.8. The summed E-state index contributed by atoms with van der Waals surface area (Å²) >= 11 is 4.76. The number of hydrazone groups is 1. The second kappa shape index (κ2) is 5.64. The molecule has 0 aliphatic carbocycles. The van der Waals surface area contributed by atoms with Crippen LogP contribution in [-0.2, 0) is 0 Å². The van der Waals surface area contributed by atoms with Gasteiger partial charge in [0.05, 0.1) is 15.6 Å². The first-order valence-electron chi connectivity index (χ1n) is 5.70. The third-order valence-corrected chi connectivity index (χ3v) is 4.03. The van der Waals surface area contributed by atoms with E-state index in [9.17, 15) is 4.79 Å². The maximum Gasteiger partial charge on any atom is 0.281 e. The van der Waals surface area contributed by atoms with Gasteiger partial charge in [-0.3, -0.25) is 4.79 Å². The van der Waals surface area contributed by atoms with Crippen molar-refractivity contribution in [1.82, 2.24) is 5.43 Å². The molecule has 102 valence electrons. The summed E-state index contributed by atoms with van der Waals surface area (Å²) in [6.07, 6.45) is 1.55. The predicted molar refractivity (Wildman–Crippen MR) is 79.6 cm³/mol. The van der Waals surface area contributed by atoms with Crippen molar-refractivity contribution in [3.63, 3.8) is 0 Å². The number of hydrogen-bond acceptors (Lipinski definition) is 5. The quantitative estimate of drug-likeness (QED) is 0.682. The Morgan fingerprint density at radius 3 is 3.15 bits per heavy atom. The number of ether oxygens (including phenoxy) is 2. The summed E-state index contributed by atoms with van der Waals surface area (Å²) < 4.78 is 11.4. The number of fused-ring (bicyclic) bond motifs is 1. The fourth-order valence-corrected chi connectivity index (χ4v) is 2.88. The van der Waals surface area contributed by atoms with E-state index in [1.54, 1.807) is 18.3 Å². The number of carbonyl (C=O) groups excluding carboxylic acids is 1. The number of benzene rings is 1. The van der Waals surface area contributed by atoms with E-state index in [-0.39, 0.29) is 12.7 Å². The van der Waals surface area contributed by atoms with Gasteiger partial charge in [-0.25, -0.2) is 5.43 Å². The molecule has 1 aliphatic rings. The van der Waals surface area contributed by atoms with E-state index in [0.717, 1.165) is 10.0 Å². The average molecular weight is 353 g/mol. The van der Waals surface area contributed by atoms with Gasteiger partial charge in [0, 0.05) is 0 Å². The highest BCUT2D eigenvalue weighted by atomic mass is 79.9. The number of amides is 1. The first kappa shape index (κ1) is 13.1. The van der Waals surface area contributed by atoms with Crippen molar-refractivity contribution in [1.29, 1.82) is 0 Å². The number of halogens is 1. The maximum atomic E-state index is 11.7. The van der Waals surface area contributed by atoms with Crippen molar-refractivity contribution in [3.05, 3.63) is 44.6 Å². The molecule has 1 amide bonds. The molecular formula is C13H9BrN2O3S. The molecule has 2 aromatic rings. The van der Waals surface area contributed by atoms with Crippen molar-refractivity contribution >= 4 is 39.4 Å². The molecule has 0 unspecified atom stereocenters. The topological polar surface area (TPSA) is 59.9 Å². The molecule has 0 spiro atoms. The number of nitrogens with one attached hydrogen (secondary N) is 1. The van der Waals surface area contributed by atoms with Crippen molar-refractivity contribution in [2.45, 2.75) is 0 Å². The minimum Gasteiger partial charge on any atom is -0.454 e. The molecular weight excluding hydrogens is 344 g/mol. The smallest absolute Gasteiger partial charge is 0.281 e. The van der Waals surface area contributed by atoms with E-state index in [1.165, 1.54) is 11.3 Å². The van der Waals surface area contributed by atoms with Gasteiger partial charge >= 0.3 is 0 Å². The van der Waals surface area contributed by atoms with Crippen molar-refractivity contribution in [3.8, 4) is 11.5 Å². The zero-order valence-corrected chi connectivity index (χ0v) is 12.5. The molecule has 0 bridgehead atoms. The minimum atomic E-state index is -0.226. The Labute approximate surface area is 127 Å². The Morgan fingerprint density at radius 2 is 2.35 bits per heavy atom. The number of hydrogen-bond donors (Lipinski definition) is 1. The van der Waals surface area contributed by atoms with Gasteiger partial charge in [-0.1, -0.05) is 6.07 Å². The second-order valence-corrected chi connectivity index (χ2v) is 5.71. The Bertz CT molecular complexity index is 671. The largest absolute Gasteiger partial charge is 0.454 e. The van der Waals surface area contributed by atoms with Gasteiger partial charge in [-0.05, 0) is 45.1 Å². The highest BCUT2D eigenvalue weighted by molar-refractivity contribution is 9.10. The number of rotatable bonds is 3. The third-order valence-electron chi connectivity index (χ3n) is 2.57. The summed E-state index contributed by atoms with van der Waals surface area (Å²) in [5.74, 6) is 1.12. The maximum absolute atomic E-state index is 11.7. The Kier molecular flexibility index (Phi) is 3.70. The van der Waals surface area contributed by atoms with Crippen LogP contribution in [-0.4, -0.2) is 18.9 Å². The average Bonchev–Trinajstić information content (AvgIpc) is 3.09. The monoisotopic (exact) mass is 352 g/mol. The van der Waals surface area contributed by atoms with Crippen LogP contribution in [0.15, 0.2) is 39.2 Å². The van der Waals surface area contributed by atoms with Gasteiger partial charge in [0.1, 0.15) is 0 Å². The van der Waals surface area contributed by atoms with Crippen LogP contribution in [0.1, 0.15) is 15.2 Å². The van der Waals surface area contributed by atoms with Gasteiger partial charge in [-0.15, -0.1) is 11.3 Å². The van der Waals surface area contributed by atoms with Crippen LogP contribution in [0, 0.1) is 0 Å². The Balaban J connectivity index is 1.70. The molecule has 0 saturated carbocycles. The van der Waals surface area contributed by atoms with Crippen molar-refractivity contribution < 1.29 is 14.3 Å². The van der Waals surface area contributed by atoms with Crippen LogP contribution in [0.3, 0.4) is 0 Å². The first-order chi connectivity index (χ1) is 9.74. The third kappa shape index (κ3) is 2.68. The second-order valence-electron chi connectivity index (χ2n) is 3.91. The lowest BCUT2D eigenvalue weighted by Gasteiger charge is -2.01. The summed E-state index contributed by atoms with van der Waals surface area (Å²) in [7, 11) is 0. The van der Waals surface area contributed by atoms with E-state index in [4.69, 9.17) is 9.47 Å². The van der Waals surface area contributed by atoms with E-state index in [2.05, 4.69) is 26.5 Å². The molecule has 3 rings (SSSR count). The summed E-state index contributed by atoms with van der Waals surface area (Å²) in [5.41, 5.74) is 3.27. The summed E-state index contributed by atoms with van der Waals surface area (Å²) in [5, 5.41) is 5.77. The molecule has 2 heterocycles. The standard InChI is InChI=1S/C13H9BrN2O3S/c14-9-4-8(5-10-12(9)19-7-18-10)6-15-16-13(17)11-2-1-3-20-11/h1-6H,7H2,(H,16,17)/b15-6-. The zero-order valence-electron chi connectivity index (χ0n) is 10.1. The summed E-state index contributed by atoms with van der Waals surface area (Å²) in [4.78, 5) is 12.3. The highest BCUT2D eigenvalue weighted by Crippen LogP contribution is 2.39. The zero-order chi connectivity index (χ0) is 13.9. The van der Waals surface area contributed by atoms with Gasteiger partial charge in [-0.2, -0.15) is 5.10 Å². The van der Waals surface area contributed by atoms with E-state index in [1.807, 2.05) is 17.5 Å². The van der Waals surface area contributed by atoms with Crippen molar-refractivity contribution in [2.24, 2.45) is 5.10 Å². The Hall–Kier alpha value is -1.86. The van der Waals surface area contributed by atoms with Crippen LogP contribution < -0.4 is 14.9 Å². The van der Waals surface area contributed by atoms with Crippen LogP contribution in [0.2, 0.25) is 0 Å². The van der Waals surface area contributed by atoms with Crippen LogP contribution in [0.5, 0.6) is 11.5 Å².